The second-order valence-electron chi connectivity index (χ2n) is 7.29. The molecule has 0 spiro atoms. The van der Waals surface area contributed by atoms with Gasteiger partial charge in [-0.15, -0.1) is 0 Å². The van der Waals surface area contributed by atoms with Crippen LogP contribution in [-0.2, 0) is 4.79 Å². The fourth-order valence-electron chi connectivity index (χ4n) is 3.17. The van der Waals surface area contributed by atoms with E-state index in [0.717, 1.165) is 0 Å². The average Bonchev–Trinajstić information content (AvgIpc) is 3.32. The van der Waals surface area contributed by atoms with Crippen LogP contribution in [-0.4, -0.2) is 29.4 Å². The molecule has 3 N–H and O–H groups in total. The smallest absolute Gasteiger partial charge is 0.287 e. The molecule has 172 valence electrons. The van der Waals surface area contributed by atoms with E-state index in [-0.39, 0.29) is 18.2 Å². The highest BCUT2D eigenvalue weighted by atomic mass is 35.5. The third-order valence-corrected chi connectivity index (χ3v) is 5.15. The number of fused-ring (bicyclic) bond motifs is 1. The van der Waals surface area contributed by atoms with Crippen LogP contribution >= 0.6 is 11.6 Å². The van der Waals surface area contributed by atoms with Gasteiger partial charge in [0.25, 0.3) is 11.8 Å². The van der Waals surface area contributed by atoms with Gasteiger partial charge in [-0.25, -0.2) is 5.43 Å². The van der Waals surface area contributed by atoms with Crippen LogP contribution in [0.3, 0.4) is 0 Å². The number of benzene rings is 3. The Labute approximate surface area is 200 Å². The molecule has 0 saturated carbocycles. The highest BCUT2D eigenvalue weighted by molar-refractivity contribution is 6.31. The first-order valence-corrected chi connectivity index (χ1v) is 10.6. The van der Waals surface area contributed by atoms with Crippen molar-refractivity contribution in [1.29, 1.82) is 0 Å². The highest BCUT2D eigenvalue weighted by Crippen LogP contribution is 2.33. The number of carbonyl (C=O) groups excluding carboxylic acids is 2. The molecule has 34 heavy (non-hydrogen) atoms. The fraction of sp³-hybridized carbons (Fsp3) is 0.0800. The highest BCUT2D eigenvalue weighted by Gasteiger charge is 2.17. The molecule has 8 nitrogen and oxygen atoms in total. The number of aromatic hydroxyl groups is 1. The van der Waals surface area contributed by atoms with Crippen LogP contribution in [0.4, 0.5) is 0 Å². The molecule has 1 aliphatic rings. The Morgan fingerprint density at radius 2 is 1.79 bits per heavy atom. The molecule has 0 radical (unpaired) electrons. The minimum atomic E-state index is -0.664. The van der Waals surface area contributed by atoms with Crippen molar-refractivity contribution in [3.63, 3.8) is 0 Å². The summed E-state index contributed by atoms with van der Waals surface area (Å²) in [6.07, 6.45) is 1.50. The van der Waals surface area contributed by atoms with Crippen molar-refractivity contribution in [2.45, 2.75) is 6.92 Å². The largest absolute Gasteiger partial charge is 0.507 e. The third-order valence-electron chi connectivity index (χ3n) is 4.91. The Kier molecular flexibility index (Phi) is 6.79. The van der Waals surface area contributed by atoms with E-state index in [1.807, 2.05) is 0 Å². The average molecular weight is 478 g/mol. The van der Waals surface area contributed by atoms with E-state index in [9.17, 15) is 14.7 Å². The summed E-state index contributed by atoms with van der Waals surface area (Å²) in [5.74, 6) is -0.0293. The summed E-state index contributed by atoms with van der Waals surface area (Å²) in [6, 6.07) is 18.1. The van der Waals surface area contributed by atoms with Crippen molar-refractivity contribution in [1.82, 2.24) is 10.7 Å². The van der Waals surface area contributed by atoms with Crippen molar-refractivity contribution in [2.75, 3.05) is 6.79 Å². The zero-order chi connectivity index (χ0) is 24.1. The van der Waals surface area contributed by atoms with Crippen LogP contribution in [0.25, 0.3) is 6.08 Å². The van der Waals surface area contributed by atoms with Gasteiger partial charge < -0.3 is 19.9 Å². The zero-order valence-corrected chi connectivity index (χ0v) is 18.8. The molecule has 0 saturated heterocycles. The van der Waals surface area contributed by atoms with Crippen molar-refractivity contribution in [3.05, 3.63) is 94.1 Å². The maximum atomic E-state index is 13.0. The summed E-state index contributed by atoms with van der Waals surface area (Å²) in [4.78, 5) is 25.7. The molecule has 1 heterocycles. The van der Waals surface area contributed by atoms with Crippen molar-refractivity contribution in [2.24, 2.45) is 5.10 Å². The maximum absolute atomic E-state index is 13.0. The van der Waals surface area contributed by atoms with E-state index in [4.69, 9.17) is 21.1 Å². The molecule has 0 aromatic heterocycles. The molecular formula is C25H20ClN3O5. The number of halogens is 1. The minimum absolute atomic E-state index is 0.0339. The van der Waals surface area contributed by atoms with Gasteiger partial charge in [0.15, 0.2) is 11.5 Å². The van der Waals surface area contributed by atoms with Gasteiger partial charge in [-0.3, -0.25) is 9.59 Å². The molecular weight excluding hydrogens is 458 g/mol. The topological polar surface area (TPSA) is 109 Å². The number of phenolic OH excluding ortho intramolecular Hbond substituents is 1. The molecule has 1 aliphatic heterocycles. The van der Waals surface area contributed by atoms with Gasteiger partial charge in [0.1, 0.15) is 11.4 Å². The number of amides is 2. The first-order chi connectivity index (χ1) is 16.4. The quantitative estimate of drug-likeness (QED) is 0.281. The lowest BCUT2D eigenvalue weighted by Gasteiger charge is -2.10. The summed E-state index contributed by atoms with van der Waals surface area (Å²) < 4.78 is 10.7. The van der Waals surface area contributed by atoms with Crippen molar-refractivity contribution < 1.29 is 24.2 Å². The van der Waals surface area contributed by atoms with Crippen molar-refractivity contribution >= 4 is 35.2 Å². The number of nitrogens with zero attached hydrogens (tertiary/aromatic N) is 1. The predicted octanol–water partition coefficient (Wildman–Crippen LogP) is 4.09. The SMILES string of the molecule is C/C(=N\NC(=O)C(=Cc1ccc2c(c1)OCO2)NC(=O)c1ccccc1)c1cc(Cl)ccc1O. The number of rotatable bonds is 6. The Morgan fingerprint density at radius 1 is 1.03 bits per heavy atom. The minimum Gasteiger partial charge on any atom is -0.507 e. The third kappa shape index (κ3) is 5.36. The van der Waals surface area contributed by atoms with Gasteiger partial charge >= 0.3 is 0 Å². The molecule has 4 rings (SSSR count). The van der Waals surface area contributed by atoms with E-state index in [2.05, 4.69) is 15.8 Å². The normalized spacial score (nSPS) is 12.9. The van der Waals surface area contributed by atoms with E-state index in [1.54, 1.807) is 55.5 Å². The summed E-state index contributed by atoms with van der Waals surface area (Å²) in [6.45, 7) is 1.72. The standard InChI is InChI=1S/C25H20ClN3O5/c1-15(19-13-18(26)8-9-21(19)30)28-29-25(32)20(27-24(31)17-5-3-2-4-6-17)11-16-7-10-22-23(12-16)34-14-33-22/h2-13,30H,14H2,1H3,(H,27,31)(H,29,32)/b20-11?,28-15+. The van der Waals surface area contributed by atoms with Crippen LogP contribution in [0.5, 0.6) is 17.2 Å². The van der Waals surface area contributed by atoms with Gasteiger partial charge in [-0.2, -0.15) is 5.10 Å². The molecule has 2 amide bonds. The number of hydrazone groups is 1. The molecule has 0 fully saturated rings. The molecule has 0 unspecified atom stereocenters. The van der Waals surface area contributed by atoms with E-state index < -0.39 is 11.8 Å². The molecule has 3 aromatic rings. The summed E-state index contributed by atoms with van der Waals surface area (Å²) in [5.41, 5.74) is 4.05. The van der Waals surface area contributed by atoms with Crippen LogP contribution in [0.1, 0.15) is 28.4 Å². The number of carbonyl (C=O) groups is 2. The van der Waals surface area contributed by atoms with E-state index in [0.29, 0.717) is 38.9 Å². The molecule has 0 aliphatic carbocycles. The Balaban J connectivity index is 1.61. The first-order valence-electron chi connectivity index (χ1n) is 10.2. The second kappa shape index (κ2) is 10.1. The number of phenols is 1. The van der Waals surface area contributed by atoms with Crippen molar-refractivity contribution in [3.8, 4) is 17.2 Å². The first kappa shape index (κ1) is 22.9. The van der Waals surface area contributed by atoms with Gasteiger partial charge in [-0.05, 0) is 61.0 Å². The lowest BCUT2D eigenvalue weighted by molar-refractivity contribution is -0.117. The Bertz CT molecular complexity index is 1310. The number of ether oxygens (including phenoxy) is 2. The van der Waals surface area contributed by atoms with Gasteiger partial charge in [0.2, 0.25) is 6.79 Å². The monoisotopic (exact) mass is 477 g/mol. The number of nitrogens with one attached hydrogen (secondary N) is 2. The lowest BCUT2D eigenvalue weighted by Crippen LogP contribution is -2.33. The van der Waals surface area contributed by atoms with E-state index >= 15 is 0 Å². The molecule has 3 aromatic carbocycles. The van der Waals surface area contributed by atoms with Gasteiger partial charge in [-0.1, -0.05) is 35.9 Å². The van der Waals surface area contributed by atoms with Crippen LogP contribution < -0.4 is 20.2 Å². The second-order valence-corrected chi connectivity index (χ2v) is 7.73. The Morgan fingerprint density at radius 3 is 2.59 bits per heavy atom. The van der Waals surface area contributed by atoms with Crippen LogP contribution in [0.15, 0.2) is 77.5 Å². The summed E-state index contributed by atoms with van der Waals surface area (Å²) in [5, 5.41) is 17.2. The predicted molar refractivity (Wildman–Crippen MR) is 128 cm³/mol. The summed E-state index contributed by atoms with van der Waals surface area (Å²) >= 11 is 5.99. The molecule has 0 bridgehead atoms. The van der Waals surface area contributed by atoms with Gasteiger partial charge in [0.05, 0.1) is 5.71 Å². The maximum Gasteiger partial charge on any atom is 0.287 e. The molecule has 0 atom stereocenters. The number of hydrogen-bond donors (Lipinski definition) is 3. The zero-order valence-electron chi connectivity index (χ0n) is 18.0. The Hall–Kier alpha value is -4.30. The van der Waals surface area contributed by atoms with E-state index in [1.165, 1.54) is 24.3 Å². The van der Waals surface area contributed by atoms with Gasteiger partial charge in [0, 0.05) is 16.1 Å². The summed E-state index contributed by atoms with van der Waals surface area (Å²) in [7, 11) is 0. The molecule has 9 heteroatoms. The van der Waals surface area contributed by atoms with Crippen LogP contribution in [0.2, 0.25) is 5.02 Å². The number of hydrogen-bond acceptors (Lipinski definition) is 6. The van der Waals surface area contributed by atoms with Crippen LogP contribution in [0, 0.1) is 0 Å². The fourth-order valence-corrected chi connectivity index (χ4v) is 3.34. The lowest BCUT2D eigenvalue weighted by atomic mass is 10.1.